The van der Waals surface area contributed by atoms with E-state index in [1.54, 1.807) is 38.4 Å². The second kappa shape index (κ2) is 9.69. The van der Waals surface area contributed by atoms with Gasteiger partial charge in [0.2, 0.25) is 0 Å². The van der Waals surface area contributed by atoms with Gasteiger partial charge in [0.15, 0.2) is 0 Å². The average Bonchev–Trinajstić information content (AvgIpc) is 2.90. The van der Waals surface area contributed by atoms with Gasteiger partial charge in [0.1, 0.15) is 12.1 Å². The molecule has 1 aromatic carbocycles. The fourth-order valence-corrected chi connectivity index (χ4v) is 3.57. The Morgan fingerprint density at radius 2 is 1.80 bits per heavy atom. The minimum atomic E-state index is -0.794. The number of aryl methyl sites for hydroxylation is 1. The van der Waals surface area contributed by atoms with E-state index in [4.69, 9.17) is 0 Å². The van der Waals surface area contributed by atoms with Crippen LogP contribution in [-0.2, 0) is 5.41 Å². The largest absolute Gasteiger partial charge is 0.373 e. The zero-order chi connectivity index (χ0) is 25.0. The molecule has 0 unspecified atom stereocenters. The number of carbonyl (C=O) groups excluding carboxylic acids is 1. The molecule has 0 fully saturated rings. The Bertz CT molecular complexity index is 1440. The number of pyridine rings is 2. The third-order valence-corrected chi connectivity index (χ3v) is 5.68. The van der Waals surface area contributed by atoms with Crippen molar-refractivity contribution < 1.29 is 4.79 Å². The quantitative estimate of drug-likeness (QED) is 0.413. The fourth-order valence-electron chi connectivity index (χ4n) is 3.57. The summed E-state index contributed by atoms with van der Waals surface area (Å²) in [6.07, 6.45) is 4.70. The summed E-state index contributed by atoms with van der Waals surface area (Å²) in [5, 5.41) is 15.3. The van der Waals surface area contributed by atoms with Crippen LogP contribution >= 0.6 is 0 Å². The molecule has 1 amide bonds. The zero-order valence-corrected chi connectivity index (χ0v) is 20.0. The Labute approximate surface area is 204 Å². The van der Waals surface area contributed by atoms with Gasteiger partial charge in [0.05, 0.1) is 34.8 Å². The van der Waals surface area contributed by atoms with Crippen molar-refractivity contribution in [1.82, 2.24) is 19.9 Å². The van der Waals surface area contributed by atoms with Gasteiger partial charge >= 0.3 is 0 Å². The smallest absolute Gasteiger partial charge is 0.255 e. The molecule has 2 N–H and O–H groups in total. The molecule has 0 aliphatic rings. The maximum atomic E-state index is 12.9. The lowest BCUT2D eigenvalue weighted by atomic mass is 9.90. The Kier molecular flexibility index (Phi) is 6.51. The summed E-state index contributed by atoms with van der Waals surface area (Å²) in [6, 6.07) is 17.3. The number of nitrogens with one attached hydrogen (secondary N) is 2. The highest BCUT2D eigenvalue weighted by molar-refractivity contribution is 6.04. The number of hydrogen-bond donors (Lipinski definition) is 2. The van der Waals surface area contributed by atoms with Crippen molar-refractivity contribution in [2.75, 3.05) is 17.7 Å². The molecule has 4 rings (SSSR count). The summed E-state index contributed by atoms with van der Waals surface area (Å²) in [7, 11) is 1.81. The lowest BCUT2D eigenvalue weighted by Crippen LogP contribution is -2.18. The Morgan fingerprint density at radius 3 is 2.57 bits per heavy atom. The van der Waals surface area contributed by atoms with Gasteiger partial charge in [-0.15, -0.1) is 0 Å². The molecule has 8 nitrogen and oxygen atoms in total. The molecule has 0 radical (unpaired) electrons. The van der Waals surface area contributed by atoms with Crippen LogP contribution in [0, 0.1) is 18.3 Å². The molecule has 8 heteroatoms. The minimum Gasteiger partial charge on any atom is -0.373 e. The predicted octanol–water partition coefficient (Wildman–Crippen LogP) is 5.00. The second-order valence-corrected chi connectivity index (χ2v) is 8.60. The van der Waals surface area contributed by atoms with Crippen LogP contribution in [-0.4, -0.2) is 32.9 Å². The van der Waals surface area contributed by atoms with E-state index >= 15 is 0 Å². The second-order valence-electron chi connectivity index (χ2n) is 8.60. The third kappa shape index (κ3) is 5.14. The van der Waals surface area contributed by atoms with Gasteiger partial charge < -0.3 is 10.6 Å². The van der Waals surface area contributed by atoms with Gasteiger partial charge in [-0.1, -0.05) is 18.2 Å². The molecule has 0 bridgehead atoms. The van der Waals surface area contributed by atoms with Gasteiger partial charge in [0.25, 0.3) is 5.91 Å². The van der Waals surface area contributed by atoms with Gasteiger partial charge in [-0.05, 0) is 50.6 Å². The molecular formula is C27H25N7O. The number of amides is 1. The van der Waals surface area contributed by atoms with Crippen molar-refractivity contribution >= 4 is 17.4 Å². The number of benzene rings is 1. The highest BCUT2D eigenvalue weighted by Crippen LogP contribution is 2.29. The first-order valence-corrected chi connectivity index (χ1v) is 11.1. The molecule has 0 spiro atoms. The highest BCUT2D eigenvalue weighted by atomic mass is 16.1. The molecular weight excluding hydrogens is 438 g/mol. The van der Waals surface area contributed by atoms with E-state index in [0.29, 0.717) is 16.9 Å². The van der Waals surface area contributed by atoms with E-state index in [1.807, 2.05) is 50.4 Å². The zero-order valence-electron chi connectivity index (χ0n) is 20.0. The number of rotatable bonds is 6. The molecule has 0 aliphatic heterocycles. The average molecular weight is 464 g/mol. The number of aromatic nitrogens is 4. The molecule has 174 valence electrons. The van der Waals surface area contributed by atoms with Gasteiger partial charge in [0, 0.05) is 41.7 Å². The molecule has 3 aromatic heterocycles. The monoisotopic (exact) mass is 463 g/mol. The standard InChI is InChI=1S/C27H25N7O/c1-17-22(18-6-5-7-19(10-18)23-13-25(29-4)33-16-32-23)12-21(14-31-17)34-26(35)20-8-9-30-24(11-20)27(2,3)15-28/h5-14,16H,1-4H3,(H,34,35)(H,29,32,33). The van der Waals surface area contributed by atoms with Crippen LogP contribution in [0.2, 0.25) is 0 Å². The Morgan fingerprint density at radius 1 is 1.00 bits per heavy atom. The summed E-state index contributed by atoms with van der Waals surface area (Å²) in [6.45, 7) is 5.46. The molecule has 0 saturated heterocycles. The summed E-state index contributed by atoms with van der Waals surface area (Å²) in [5.74, 6) is 0.439. The van der Waals surface area contributed by atoms with Crippen molar-refractivity contribution in [2.24, 2.45) is 0 Å². The van der Waals surface area contributed by atoms with Crippen LogP contribution in [0.25, 0.3) is 22.4 Å². The minimum absolute atomic E-state index is 0.298. The van der Waals surface area contributed by atoms with E-state index in [2.05, 4.69) is 36.6 Å². The molecule has 4 aromatic rings. The van der Waals surface area contributed by atoms with Crippen LogP contribution in [0.1, 0.15) is 35.6 Å². The van der Waals surface area contributed by atoms with Crippen molar-refractivity contribution in [3.8, 4) is 28.5 Å². The van der Waals surface area contributed by atoms with Gasteiger partial charge in [-0.2, -0.15) is 5.26 Å². The summed E-state index contributed by atoms with van der Waals surface area (Å²) < 4.78 is 0. The predicted molar refractivity (Wildman–Crippen MR) is 136 cm³/mol. The normalized spacial score (nSPS) is 10.9. The number of carbonyl (C=O) groups is 1. The van der Waals surface area contributed by atoms with Gasteiger partial charge in [-0.3, -0.25) is 14.8 Å². The topological polar surface area (TPSA) is 116 Å². The molecule has 35 heavy (non-hydrogen) atoms. The van der Waals surface area contributed by atoms with Crippen molar-refractivity contribution in [3.05, 3.63) is 84.2 Å². The van der Waals surface area contributed by atoms with E-state index in [1.165, 1.54) is 6.33 Å². The number of hydrogen-bond acceptors (Lipinski definition) is 7. The summed E-state index contributed by atoms with van der Waals surface area (Å²) in [5.41, 5.74) is 5.17. The SMILES string of the molecule is CNc1cc(-c2cccc(-c3cc(NC(=O)c4ccnc(C(C)(C)C#N)c4)cnc3C)c2)ncn1. The van der Waals surface area contributed by atoms with Crippen LogP contribution in [0.5, 0.6) is 0 Å². The van der Waals surface area contributed by atoms with Crippen molar-refractivity contribution in [1.29, 1.82) is 5.26 Å². The lowest BCUT2D eigenvalue weighted by Gasteiger charge is -2.15. The van der Waals surface area contributed by atoms with E-state index < -0.39 is 5.41 Å². The first-order chi connectivity index (χ1) is 16.8. The third-order valence-electron chi connectivity index (χ3n) is 5.68. The highest BCUT2D eigenvalue weighted by Gasteiger charge is 2.22. The van der Waals surface area contributed by atoms with Crippen LogP contribution in [0.15, 0.2) is 67.3 Å². The van der Waals surface area contributed by atoms with E-state index in [0.717, 1.165) is 33.9 Å². The molecule has 0 saturated carbocycles. The summed E-state index contributed by atoms with van der Waals surface area (Å²) in [4.78, 5) is 30.3. The fraction of sp³-hybridized carbons (Fsp3) is 0.185. The number of nitrogens with zero attached hydrogens (tertiary/aromatic N) is 5. The number of nitriles is 1. The van der Waals surface area contributed by atoms with Crippen LogP contribution in [0.3, 0.4) is 0 Å². The Balaban J connectivity index is 1.62. The Hall–Kier alpha value is -4.64. The summed E-state index contributed by atoms with van der Waals surface area (Å²) >= 11 is 0. The van der Waals surface area contributed by atoms with Crippen molar-refractivity contribution in [2.45, 2.75) is 26.2 Å². The van der Waals surface area contributed by atoms with Gasteiger partial charge in [-0.25, -0.2) is 9.97 Å². The molecule has 3 heterocycles. The van der Waals surface area contributed by atoms with E-state index in [-0.39, 0.29) is 5.91 Å². The first kappa shape index (κ1) is 23.5. The van der Waals surface area contributed by atoms with Crippen molar-refractivity contribution in [3.63, 3.8) is 0 Å². The molecule has 0 aliphatic carbocycles. The molecule has 0 atom stereocenters. The first-order valence-electron chi connectivity index (χ1n) is 11.1. The maximum absolute atomic E-state index is 12.9. The number of anilines is 2. The van der Waals surface area contributed by atoms with Crippen LogP contribution < -0.4 is 10.6 Å². The van der Waals surface area contributed by atoms with Crippen LogP contribution in [0.4, 0.5) is 11.5 Å². The van der Waals surface area contributed by atoms with E-state index in [9.17, 15) is 10.1 Å². The maximum Gasteiger partial charge on any atom is 0.255 e. The lowest BCUT2D eigenvalue weighted by molar-refractivity contribution is 0.102.